The van der Waals surface area contributed by atoms with Gasteiger partial charge in [-0.1, -0.05) is 35.8 Å². The number of rotatable bonds is 4. The monoisotopic (exact) mass is 430 g/mol. The highest BCUT2D eigenvalue weighted by Crippen LogP contribution is 2.58. The molecule has 24 heavy (non-hydrogen) atoms. The summed E-state index contributed by atoms with van der Waals surface area (Å²) < 4.78 is 119. The standard InChI is InChI=1S/C14H12BrF9/c1-3-8-4-9(6-10(15)5-8)11(16,7(2)12(17,18)19)13(20,21)14(22,23)24/h4-7H,3H2,1-2H3. The van der Waals surface area contributed by atoms with Crippen LogP contribution >= 0.6 is 15.9 Å². The fourth-order valence-corrected chi connectivity index (χ4v) is 2.74. The minimum atomic E-state index is -6.50. The van der Waals surface area contributed by atoms with Gasteiger partial charge in [0.05, 0.1) is 5.92 Å². The summed E-state index contributed by atoms with van der Waals surface area (Å²) in [6.45, 7) is 1.45. The van der Waals surface area contributed by atoms with E-state index < -0.39 is 35.4 Å². The lowest BCUT2D eigenvalue weighted by Crippen LogP contribution is -2.58. The molecule has 1 aromatic carbocycles. The number of hydrogen-bond acceptors (Lipinski definition) is 0. The fourth-order valence-electron chi connectivity index (χ4n) is 2.20. The zero-order valence-corrected chi connectivity index (χ0v) is 13.9. The smallest absolute Gasteiger partial charge is 0.231 e. The van der Waals surface area contributed by atoms with Crippen LogP contribution in [0.1, 0.15) is 25.0 Å². The van der Waals surface area contributed by atoms with Gasteiger partial charge in [-0.15, -0.1) is 0 Å². The topological polar surface area (TPSA) is 0 Å². The van der Waals surface area contributed by atoms with Crippen LogP contribution in [0.2, 0.25) is 0 Å². The Labute approximate surface area is 140 Å². The van der Waals surface area contributed by atoms with Gasteiger partial charge in [-0.05, 0) is 29.7 Å². The molecule has 0 nitrogen and oxygen atoms in total. The van der Waals surface area contributed by atoms with E-state index in [2.05, 4.69) is 15.9 Å². The number of aryl methyl sites for hydroxylation is 1. The summed E-state index contributed by atoms with van der Waals surface area (Å²) in [6, 6.07) is 2.38. The van der Waals surface area contributed by atoms with Gasteiger partial charge >= 0.3 is 18.3 Å². The molecule has 10 heteroatoms. The van der Waals surface area contributed by atoms with E-state index >= 15 is 0 Å². The molecule has 0 radical (unpaired) electrons. The van der Waals surface area contributed by atoms with Crippen molar-refractivity contribution in [2.45, 2.75) is 44.2 Å². The lowest BCUT2D eigenvalue weighted by atomic mass is 9.77. The average molecular weight is 431 g/mol. The van der Waals surface area contributed by atoms with Gasteiger partial charge in [0.1, 0.15) is 0 Å². The lowest BCUT2D eigenvalue weighted by Gasteiger charge is -2.40. The molecule has 1 aromatic rings. The highest BCUT2D eigenvalue weighted by atomic mass is 79.9. The Kier molecular flexibility index (Phi) is 5.65. The molecule has 0 fully saturated rings. The molecule has 0 aliphatic heterocycles. The molecule has 0 saturated carbocycles. The molecule has 0 N–H and O–H groups in total. The van der Waals surface area contributed by atoms with Crippen LogP contribution in [-0.4, -0.2) is 18.3 Å². The Bertz CT molecular complexity index is 591. The van der Waals surface area contributed by atoms with Crippen molar-refractivity contribution < 1.29 is 39.5 Å². The molecule has 2 unspecified atom stereocenters. The van der Waals surface area contributed by atoms with Gasteiger partial charge in [-0.2, -0.15) is 35.1 Å². The van der Waals surface area contributed by atoms with E-state index in [0.717, 1.165) is 0 Å². The average Bonchev–Trinajstić information content (AvgIpc) is 2.42. The summed E-state index contributed by atoms with van der Waals surface area (Å²) in [5, 5.41) is 0. The molecule has 0 bridgehead atoms. The lowest BCUT2D eigenvalue weighted by molar-refractivity contribution is -0.358. The van der Waals surface area contributed by atoms with Crippen molar-refractivity contribution in [3.05, 3.63) is 33.8 Å². The Balaban J connectivity index is 3.77. The summed E-state index contributed by atoms with van der Waals surface area (Å²) >= 11 is 2.79. The van der Waals surface area contributed by atoms with E-state index in [1.807, 2.05) is 0 Å². The van der Waals surface area contributed by atoms with Gasteiger partial charge in [-0.25, -0.2) is 4.39 Å². The van der Waals surface area contributed by atoms with Crippen molar-refractivity contribution in [2.75, 3.05) is 0 Å². The second kappa shape index (κ2) is 6.42. The van der Waals surface area contributed by atoms with Crippen molar-refractivity contribution in [1.29, 1.82) is 0 Å². The second-order valence-corrected chi connectivity index (χ2v) is 6.16. The molecule has 0 heterocycles. The van der Waals surface area contributed by atoms with Crippen LogP contribution in [-0.2, 0) is 12.1 Å². The number of hydrogen-bond donors (Lipinski definition) is 0. The van der Waals surface area contributed by atoms with E-state index in [4.69, 9.17) is 0 Å². The number of alkyl halides is 9. The Morgan fingerprint density at radius 1 is 0.917 bits per heavy atom. The molecular weight excluding hydrogens is 419 g/mol. The zero-order chi connectivity index (χ0) is 19.1. The van der Waals surface area contributed by atoms with E-state index in [9.17, 15) is 39.5 Å². The maximum atomic E-state index is 15.0. The predicted molar refractivity (Wildman–Crippen MR) is 72.5 cm³/mol. The van der Waals surface area contributed by atoms with E-state index in [1.54, 1.807) is 0 Å². The highest BCUT2D eigenvalue weighted by Gasteiger charge is 2.76. The first-order valence-corrected chi connectivity index (χ1v) is 7.38. The quantitative estimate of drug-likeness (QED) is 0.473. The molecule has 138 valence electrons. The van der Waals surface area contributed by atoms with Gasteiger partial charge in [0.15, 0.2) is 0 Å². The molecule has 0 aromatic heterocycles. The van der Waals surface area contributed by atoms with Crippen molar-refractivity contribution >= 4 is 15.9 Å². The maximum absolute atomic E-state index is 15.0. The molecule has 1 rings (SSSR count). The van der Waals surface area contributed by atoms with Crippen LogP contribution in [0.15, 0.2) is 22.7 Å². The molecule has 2 atom stereocenters. The number of halogens is 10. The van der Waals surface area contributed by atoms with Crippen molar-refractivity contribution in [1.82, 2.24) is 0 Å². The SMILES string of the molecule is CCc1cc(Br)cc(C(F)(C(C)C(F)(F)F)C(F)(F)C(F)(F)F)c1. The summed E-state index contributed by atoms with van der Waals surface area (Å²) in [6.07, 6.45) is -12.0. The van der Waals surface area contributed by atoms with Crippen LogP contribution in [0.4, 0.5) is 39.5 Å². The Hall–Kier alpha value is -0.930. The largest absolute Gasteiger partial charge is 0.457 e. The zero-order valence-electron chi connectivity index (χ0n) is 12.3. The molecule has 0 amide bonds. The number of benzene rings is 1. The van der Waals surface area contributed by atoms with Crippen LogP contribution in [0, 0.1) is 5.92 Å². The van der Waals surface area contributed by atoms with Gasteiger partial charge in [0.2, 0.25) is 5.67 Å². The summed E-state index contributed by atoms with van der Waals surface area (Å²) in [7, 11) is 0. The second-order valence-electron chi connectivity index (χ2n) is 5.25. The van der Waals surface area contributed by atoms with Gasteiger partial charge < -0.3 is 0 Å². The van der Waals surface area contributed by atoms with Crippen LogP contribution in [0.3, 0.4) is 0 Å². The summed E-state index contributed by atoms with van der Waals surface area (Å²) in [5.41, 5.74) is -6.30. The molecule has 0 aliphatic carbocycles. The summed E-state index contributed by atoms with van der Waals surface area (Å²) in [5.74, 6) is -9.85. The first kappa shape index (κ1) is 21.1. The van der Waals surface area contributed by atoms with E-state index in [-0.39, 0.29) is 23.4 Å². The van der Waals surface area contributed by atoms with Crippen molar-refractivity contribution in [3.8, 4) is 0 Å². The van der Waals surface area contributed by atoms with Gasteiger partial charge in [0, 0.05) is 4.47 Å². The maximum Gasteiger partial charge on any atom is 0.457 e. The van der Waals surface area contributed by atoms with Gasteiger partial charge in [0.25, 0.3) is 0 Å². The predicted octanol–water partition coefficient (Wildman–Crippen LogP) is 6.57. The van der Waals surface area contributed by atoms with Crippen molar-refractivity contribution in [3.63, 3.8) is 0 Å². The Morgan fingerprint density at radius 3 is 1.79 bits per heavy atom. The minimum absolute atomic E-state index is 0.0355. The highest BCUT2D eigenvalue weighted by molar-refractivity contribution is 9.10. The van der Waals surface area contributed by atoms with Crippen LogP contribution in [0.5, 0.6) is 0 Å². The molecular formula is C14H12BrF9. The first-order valence-electron chi connectivity index (χ1n) is 6.59. The fraction of sp³-hybridized carbons (Fsp3) is 0.571. The third kappa shape index (κ3) is 3.52. The van der Waals surface area contributed by atoms with E-state index in [0.29, 0.717) is 12.1 Å². The van der Waals surface area contributed by atoms with E-state index in [1.165, 1.54) is 13.0 Å². The minimum Gasteiger partial charge on any atom is -0.231 e. The Morgan fingerprint density at radius 2 is 1.42 bits per heavy atom. The molecule has 0 saturated heterocycles. The third-order valence-electron chi connectivity index (χ3n) is 3.69. The normalized spacial score (nSPS) is 17.5. The van der Waals surface area contributed by atoms with Crippen LogP contribution < -0.4 is 0 Å². The van der Waals surface area contributed by atoms with Crippen LogP contribution in [0.25, 0.3) is 0 Å². The first-order chi connectivity index (χ1) is 10.6. The van der Waals surface area contributed by atoms with Gasteiger partial charge in [-0.3, -0.25) is 0 Å². The third-order valence-corrected chi connectivity index (χ3v) is 4.14. The van der Waals surface area contributed by atoms with Crippen molar-refractivity contribution in [2.24, 2.45) is 5.92 Å². The molecule has 0 spiro atoms. The summed E-state index contributed by atoms with van der Waals surface area (Å²) in [4.78, 5) is 0. The molecule has 0 aliphatic rings.